The minimum Gasteiger partial charge on any atom is -0.355 e. The van der Waals surface area contributed by atoms with Crippen molar-refractivity contribution in [2.75, 3.05) is 31.1 Å². The summed E-state index contributed by atoms with van der Waals surface area (Å²) in [5.74, 6) is 0.362. The van der Waals surface area contributed by atoms with Gasteiger partial charge in [0.1, 0.15) is 5.82 Å². The summed E-state index contributed by atoms with van der Waals surface area (Å²) in [7, 11) is 1.81. The van der Waals surface area contributed by atoms with Crippen LogP contribution in [0.15, 0.2) is 30.6 Å². The van der Waals surface area contributed by atoms with Crippen molar-refractivity contribution < 1.29 is 18.0 Å². The van der Waals surface area contributed by atoms with E-state index in [1.807, 2.05) is 24.9 Å². The van der Waals surface area contributed by atoms with Gasteiger partial charge in [0.2, 0.25) is 0 Å². The molecule has 3 aromatic rings. The zero-order chi connectivity index (χ0) is 21.5. The summed E-state index contributed by atoms with van der Waals surface area (Å²) in [5.41, 5.74) is 1.26. The quantitative estimate of drug-likeness (QED) is 0.640. The van der Waals surface area contributed by atoms with Crippen LogP contribution in [0.1, 0.15) is 28.0 Å². The van der Waals surface area contributed by atoms with Crippen LogP contribution in [-0.2, 0) is 13.2 Å². The van der Waals surface area contributed by atoms with Gasteiger partial charge < -0.3 is 9.80 Å². The lowest BCUT2D eigenvalue weighted by atomic mass is 10.2. The fraction of sp³-hybridized carbons (Fsp3) is 0.400. The summed E-state index contributed by atoms with van der Waals surface area (Å²) in [6.07, 6.45) is -1.31. The molecular weight excluding hydrogens is 397 g/mol. The van der Waals surface area contributed by atoms with Gasteiger partial charge in [-0.25, -0.2) is 9.97 Å². The molecule has 0 N–H and O–H groups in total. The SMILES string of the molecule is Cc1nn(C)c2ncc(C(=O)N3CCCN(c4ccc(C(F)(F)F)cn4)CC3)cc12. The highest BCUT2D eigenvalue weighted by Gasteiger charge is 2.31. The third-order valence-corrected chi connectivity index (χ3v) is 5.29. The van der Waals surface area contributed by atoms with Gasteiger partial charge in [0, 0.05) is 51.0 Å². The highest BCUT2D eigenvalue weighted by molar-refractivity contribution is 5.97. The number of carbonyl (C=O) groups is 1. The molecule has 158 valence electrons. The normalized spacial score (nSPS) is 15.5. The number of pyridine rings is 2. The number of anilines is 1. The van der Waals surface area contributed by atoms with E-state index in [0.717, 1.165) is 29.0 Å². The van der Waals surface area contributed by atoms with Gasteiger partial charge >= 0.3 is 6.18 Å². The number of aromatic nitrogens is 4. The Morgan fingerprint density at radius 1 is 1.07 bits per heavy atom. The number of alkyl halides is 3. The van der Waals surface area contributed by atoms with E-state index in [9.17, 15) is 18.0 Å². The van der Waals surface area contributed by atoms with Gasteiger partial charge in [0.15, 0.2) is 5.65 Å². The molecule has 0 spiro atoms. The molecule has 0 atom stereocenters. The van der Waals surface area contributed by atoms with E-state index >= 15 is 0 Å². The Morgan fingerprint density at radius 2 is 1.87 bits per heavy atom. The number of amides is 1. The molecule has 10 heteroatoms. The number of hydrogen-bond acceptors (Lipinski definition) is 5. The van der Waals surface area contributed by atoms with Crippen LogP contribution < -0.4 is 4.90 Å². The zero-order valence-corrected chi connectivity index (χ0v) is 16.6. The van der Waals surface area contributed by atoms with Gasteiger partial charge in [-0.2, -0.15) is 18.3 Å². The molecule has 0 aliphatic carbocycles. The van der Waals surface area contributed by atoms with Gasteiger partial charge in [-0.15, -0.1) is 0 Å². The van der Waals surface area contributed by atoms with Crippen LogP contribution in [0.2, 0.25) is 0 Å². The molecule has 0 saturated carbocycles. The van der Waals surface area contributed by atoms with Crippen molar-refractivity contribution >= 4 is 22.8 Å². The molecule has 30 heavy (non-hydrogen) atoms. The smallest absolute Gasteiger partial charge is 0.355 e. The largest absolute Gasteiger partial charge is 0.417 e. The van der Waals surface area contributed by atoms with E-state index in [2.05, 4.69) is 15.1 Å². The maximum absolute atomic E-state index is 13.0. The van der Waals surface area contributed by atoms with Crippen molar-refractivity contribution in [1.82, 2.24) is 24.6 Å². The molecule has 4 rings (SSSR count). The maximum atomic E-state index is 13.0. The summed E-state index contributed by atoms with van der Waals surface area (Å²) in [5, 5.41) is 5.17. The van der Waals surface area contributed by atoms with Crippen LogP contribution in [0.4, 0.5) is 19.0 Å². The fourth-order valence-corrected chi connectivity index (χ4v) is 3.70. The number of aryl methyl sites for hydroxylation is 2. The molecule has 1 amide bonds. The summed E-state index contributed by atoms with van der Waals surface area (Å²) in [6.45, 7) is 3.98. The first kappa shape index (κ1) is 20.1. The van der Waals surface area contributed by atoms with Crippen molar-refractivity contribution in [3.05, 3.63) is 47.4 Å². The number of rotatable bonds is 2. The summed E-state index contributed by atoms with van der Waals surface area (Å²) >= 11 is 0. The van der Waals surface area contributed by atoms with Crippen molar-refractivity contribution in [3.63, 3.8) is 0 Å². The molecule has 1 fully saturated rings. The third kappa shape index (κ3) is 3.81. The Morgan fingerprint density at radius 3 is 2.57 bits per heavy atom. The van der Waals surface area contributed by atoms with Crippen molar-refractivity contribution in [2.45, 2.75) is 19.5 Å². The van der Waals surface area contributed by atoms with Gasteiger partial charge in [-0.1, -0.05) is 0 Å². The first-order chi connectivity index (χ1) is 14.2. The minimum absolute atomic E-state index is 0.116. The summed E-state index contributed by atoms with van der Waals surface area (Å²) in [4.78, 5) is 25.0. The second-order valence-corrected chi connectivity index (χ2v) is 7.34. The van der Waals surface area contributed by atoms with E-state index in [1.54, 1.807) is 15.8 Å². The van der Waals surface area contributed by atoms with Crippen LogP contribution in [0.5, 0.6) is 0 Å². The second kappa shape index (κ2) is 7.58. The molecule has 0 aromatic carbocycles. The fourth-order valence-electron chi connectivity index (χ4n) is 3.70. The first-order valence-corrected chi connectivity index (χ1v) is 9.61. The minimum atomic E-state index is -4.41. The van der Waals surface area contributed by atoms with Crippen molar-refractivity contribution in [2.24, 2.45) is 7.05 Å². The molecular formula is C20H21F3N6O. The number of fused-ring (bicyclic) bond motifs is 1. The summed E-state index contributed by atoms with van der Waals surface area (Å²) < 4.78 is 39.9. The lowest BCUT2D eigenvalue weighted by Crippen LogP contribution is -2.35. The van der Waals surface area contributed by atoms with E-state index in [0.29, 0.717) is 44.0 Å². The lowest BCUT2D eigenvalue weighted by Gasteiger charge is -2.23. The first-order valence-electron chi connectivity index (χ1n) is 9.61. The Bertz CT molecular complexity index is 1080. The predicted molar refractivity (Wildman–Crippen MR) is 105 cm³/mol. The highest BCUT2D eigenvalue weighted by atomic mass is 19.4. The van der Waals surface area contributed by atoms with Gasteiger partial charge in [-0.3, -0.25) is 9.48 Å². The lowest BCUT2D eigenvalue weighted by molar-refractivity contribution is -0.137. The van der Waals surface area contributed by atoms with E-state index in [1.165, 1.54) is 6.07 Å². The Labute approximate surface area is 171 Å². The van der Waals surface area contributed by atoms with Gasteiger partial charge in [0.25, 0.3) is 5.91 Å². The molecule has 1 aliphatic rings. The molecule has 1 saturated heterocycles. The van der Waals surface area contributed by atoms with E-state index < -0.39 is 11.7 Å². The number of hydrogen-bond donors (Lipinski definition) is 0. The van der Waals surface area contributed by atoms with Gasteiger partial charge in [-0.05, 0) is 31.5 Å². The van der Waals surface area contributed by atoms with Crippen molar-refractivity contribution in [1.29, 1.82) is 0 Å². The Hall–Kier alpha value is -3.17. The number of carbonyl (C=O) groups excluding carboxylic acids is 1. The van der Waals surface area contributed by atoms with E-state index in [4.69, 9.17) is 0 Å². The van der Waals surface area contributed by atoms with E-state index in [-0.39, 0.29) is 5.91 Å². The maximum Gasteiger partial charge on any atom is 0.417 e. The molecule has 7 nitrogen and oxygen atoms in total. The molecule has 0 radical (unpaired) electrons. The molecule has 3 aromatic heterocycles. The zero-order valence-electron chi connectivity index (χ0n) is 16.6. The van der Waals surface area contributed by atoms with Crippen LogP contribution in [0.25, 0.3) is 11.0 Å². The van der Waals surface area contributed by atoms with Crippen LogP contribution >= 0.6 is 0 Å². The average molecular weight is 418 g/mol. The van der Waals surface area contributed by atoms with Crippen LogP contribution in [0.3, 0.4) is 0 Å². The van der Waals surface area contributed by atoms with Crippen molar-refractivity contribution in [3.8, 4) is 0 Å². The number of halogens is 3. The number of nitrogens with zero attached hydrogens (tertiary/aromatic N) is 6. The third-order valence-electron chi connectivity index (χ3n) is 5.29. The van der Waals surface area contributed by atoms with Crippen LogP contribution in [0, 0.1) is 6.92 Å². The Kier molecular flexibility index (Phi) is 5.08. The second-order valence-electron chi connectivity index (χ2n) is 7.34. The molecule has 0 unspecified atom stereocenters. The van der Waals surface area contributed by atoms with Crippen LogP contribution in [-0.4, -0.2) is 56.7 Å². The van der Waals surface area contributed by atoms with Gasteiger partial charge in [0.05, 0.1) is 16.8 Å². The highest BCUT2D eigenvalue weighted by Crippen LogP contribution is 2.29. The summed E-state index contributed by atoms with van der Waals surface area (Å²) in [6, 6.07) is 4.23. The molecule has 4 heterocycles. The Balaban J connectivity index is 1.47. The molecule has 0 bridgehead atoms. The monoisotopic (exact) mass is 418 g/mol. The predicted octanol–water partition coefficient (Wildman–Crippen LogP) is 3.04. The molecule has 1 aliphatic heterocycles. The average Bonchev–Trinajstić information content (AvgIpc) is 2.89. The standard InChI is InChI=1S/C20H21F3N6O/c1-13-16-10-14(11-25-18(16)27(2)26-13)19(30)29-7-3-6-28(8-9-29)17-5-4-15(12-24-17)20(21,22)23/h4-5,10-12H,3,6-9H2,1-2H3. The topological polar surface area (TPSA) is 67.2 Å².